The van der Waals surface area contributed by atoms with Crippen LogP contribution in [0.3, 0.4) is 0 Å². The zero-order valence-corrected chi connectivity index (χ0v) is 15.9. The Morgan fingerprint density at radius 1 is 0.500 bits per heavy atom. The van der Waals surface area contributed by atoms with E-state index < -0.39 is 0 Å². The van der Waals surface area contributed by atoms with E-state index in [1.807, 2.05) is 0 Å². The summed E-state index contributed by atoms with van der Waals surface area (Å²) in [6, 6.07) is 0. The van der Waals surface area contributed by atoms with Crippen LogP contribution in [0.5, 0.6) is 0 Å². The van der Waals surface area contributed by atoms with Crippen molar-refractivity contribution in [2.45, 2.75) is 71.1 Å². The van der Waals surface area contributed by atoms with Gasteiger partial charge in [0.1, 0.15) is 0 Å². The first kappa shape index (κ1) is 28.6. The lowest BCUT2D eigenvalue weighted by Crippen LogP contribution is -2.09. The van der Waals surface area contributed by atoms with Crippen LogP contribution in [0.2, 0.25) is 0 Å². The van der Waals surface area contributed by atoms with Gasteiger partial charge >= 0.3 is 0 Å². The molecule has 0 radical (unpaired) electrons. The molecule has 0 aliphatic carbocycles. The maximum Gasteiger partial charge on any atom is 0.0701 e. The van der Waals surface area contributed by atoms with Crippen molar-refractivity contribution in [2.75, 3.05) is 46.2 Å². The summed E-state index contributed by atoms with van der Waals surface area (Å²) in [6.45, 7) is 4.36. The first-order valence-electron chi connectivity index (χ1n) is 9.31. The molecule has 0 fully saturated rings. The summed E-state index contributed by atoms with van der Waals surface area (Å²) in [7, 11) is 0. The second kappa shape index (κ2) is 30.6. The van der Waals surface area contributed by atoms with Crippen LogP contribution in [0.1, 0.15) is 71.1 Å². The highest BCUT2D eigenvalue weighted by Crippen LogP contribution is 2.09. The molecule has 0 spiro atoms. The highest BCUT2D eigenvalue weighted by Gasteiger charge is 1.91. The molecule has 0 atom stereocenters. The molecule has 150 valence electrons. The van der Waals surface area contributed by atoms with Gasteiger partial charge in [0.15, 0.2) is 0 Å². The zero-order valence-electron chi connectivity index (χ0n) is 15.9. The fourth-order valence-electron chi connectivity index (χ4n) is 2.05. The van der Waals surface area contributed by atoms with Crippen molar-refractivity contribution >= 4 is 0 Å². The van der Waals surface area contributed by atoms with E-state index in [9.17, 15) is 0 Å². The van der Waals surface area contributed by atoms with Gasteiger partial charge in [-0.05, 0) is 6.42 Å². The molecule has 0 aromatic rings. The summed E-state index contributed by atoms with van der Waals surface area (Å²) in [5.41, 5.74) is 0. The van der Waals surface area contributed by atoms with Crippen molar-refractivity contribution in [1.82, 2.24) is 6.15 Å². The van der Waals surface area contributed by atoms with Gasteiger partial charge < -0.3 is 30.9 Å². The topological polar surface area (TPSA) is 114 Å². The largest absolute Gasteiger partial charge is 0.396 e. The summed E-state index contributed by atoms with van der Waals surface area (Å²) in [4.78, 5) is 0. The van der Waals surface area contributed by atoms with Gasteiger partial charge in [-0.3, -0.25) is 0 Å². The third-order valence-electron chi connectivity index (χ3n) is 3.35. The summed E-state index contributed by atoms with van der Waals surface area (Å²) in [5, 5.41) is 25.1. The Labute approximate surface area is 149 Å². The summed E-state index contributed by atoms with van der Waals surface area (Å²) < 4.78 is 9.75. The third kappa shape index (κ3) is 33.4. The molecule has 0 aromatic heterocycles. The van der Waals surface area contributed by atoms with E-state index in [0.717, 1.165) is 6.42 Å². The smallest absolute Gasteiger partial charge is 0.0701 e. The Hall–Kier alpha value is -0.240. The number of unbranched alkanes of at least 4 members (excludes halogenated alkanes) is 9. The molecule has 6 nitrogen and oxygen atoms in total. The van der Waals surface area contributed by atoms with Gasteiger partial charge in [0.25, 0.3) is 0 Å². The first-order valence-corrected chi connectivity index (χ1v) is 9.31. The van der Waals surface area contributed by atoms with Crippen LogP contribution in [0.25, 0.3) is 0 Å². The molecule has 0 bridgehead atoms. The molecule has 0 aliphatic heterocycles. The minimum atomic E-state index is 0. The number of ether oxygens (including phenoxy) is 2. The Kier molecular flexibility index (Phi) is 36.4. The van der Waals surface area contributed by atoms with Crippen LogP contribution >= 0.6 is 0 Å². The summed E-state index contributed by atoms with van der Waals surface area (Å²) in [6.07, 6.45) is 13.3. The summed E-state index contributed by atoms with van der Waals surface area (Å²) in [5.74, 6) is 0. The molecule has 0 amide bonds. The van der Waals surface area contributed by atoms with Crippen molar-refractivity contribution in [3.05, 3.63) is 0 Å². The molecule has 0 aromatic carbocycles. The van der Waals surface area contributed by atoms with Crippen molar-refractivity contribution in [1.29, 1.82) is 0 Å². The second-order valence-electron chi connectivity index (χ2n) is 5.58. The molecule has 24 heavy (non-hydrogen) atoms. The van der Waals surface area contributed by atoms with E-state index in [1.165, 1.54) is 57.8 Å². The fraction of sp³-hybridized carbons (Fsp3) is 1.00. The maximum absolute atomic E-state index is 8.57. The van der Waals surface area contributed by atoms with E-state index in [0.29, 0.717) is 33.0 Å². The van der Waals surface area contributed by atoms with Gasteiger partial charge in [-0.1, -0.05) is 64.7 Å². The minimum absolute atomic E-state index is 0. The van der Waals surface area contributed by atoms with Gasteiger partial charge in [0, 0.05) is 6.61 Å². The molecule has 0 unspecified atom stereocenters. The predicted molar refractivity (Wildman–Crippen MR) is 99.8 cm³/mol. The molecular formula is C18H43NO5. The van der Waals surface area contributed by atoms with E-state index in [-0.39, 0.29) is 19.4 Å². The number of rotatable bonds is 17. The van der Waals surface area contributed by atoms with E-state index in [4.69, 9.17) is 24.8 Å². The Morgan fingerprint density at radius 3 is 1.21 bits per heavy atom. The highest BCUT2D eigenvalue weighted by atomic mass is 16.5. The number of hydrogen-bond donors (Lipinski definition) is 4. The van der Waals surface area contributed by atoms with Crippen LogP contribution in [-0.4, -0.2) is 61.6 Å². The normalized spacial score (nSPS) is 10.0. The second-order valence-corrected chi connectivity index (χ2v) is 5.58. The first-order chi connectivity index (χ1) is 11.3. The Morgan fingerprint density at radius 2 is 0.875 bits per heavy atom. The quantitative estimate of drug-likeness (QED) is 0.299. The van der Waals surface area contributed by atoms with Crippen molar-refractivity contribution in [2.24, 2.45) is 0 Å². The average molecular weight is 354 g/mol. The predicted octanol–water partition coefficient (Wildman–Crippen LogP) is 3.07. The molecule has 0 rings (SSSR count). The van der Waals surface area contributed by atoms with Gasteiger partial charge in [0.05, 0.1) is 39.6 Å². The maximum atomic E-state index is 8.57. The van der Waals surface area contributed by atoms with Crippen molar-refractivity contribution < 1.29 is 24.8 Å². The number of aliphatic hydroxyl groups is 3. The van der Waals surface area contributed by atoms with E-state index >= 15 is 0 Å². The van der Waals surface area contributed by atoms with Gasteiger partial charge in [-0.2, -0.15) is 0 Å². The van der Waals surface area contributed by atoms with Gasteiger partial charge in [0.2, 0.25) is 0 Å². The molecule has 0 saturated carbocycles. The van der Waals surface area contributed by atoms with Crippen molar-refractivity contribution in [3.63, 3.8) is 0 Å². The molecule has 6 heteroatoms. The summed E-state index contributed by atoms with van der Waals surface area (Å²) >= 11 is 0. The fourth-order valence-corrected chi connectivity index (χ4v) is 2.05. The lowest BCUT2D eigenvalue weighted by atomic mass is 10.1. The van der Waals surface area contributed by atoms with E-state index in [1.54, 1.807) is 0 Å². The third-order valence-corrected chi connectivity index (χ3v) is 3.35. The van der Waals surface area contributed by atoms with E-state index in [2.05, 4.69) is 6.92 Å². The number of aliphatic hydroxyl groups excluding tert-OH is 3. The number of hydrogen-bond acceptors (Lipinski definition) is 6. The molecule has 0 heterocycles. The van der Waals surface area contributed by atoms with Crippen LogP contribution < -0.4 is 6.15 Å². The Bertz CT molecular complexity index is 167. The standard InChI is InChI=1S/C12H26O.C6H14O4.H3N/c1-2-3-4-5-6-7-8-9-10-11-12-13;7-1-3-9-5-6-10-4-2-8;/h13H,2-12H2,1H3;7-8H,1-6H2;1H3. The van der Waals surface area contributed by atoms with Crippen LogP contribution in [0.15, 0.2) is 0 Å². The van der Waals surface area contributed by atoms with Gasteiger partial charge in [-0.15, -0.1) is 0 Å². The molecule has 0 aliphatic rings. The van der Waals surface area contributed by atoms with Gasteiger partial charge in [-0.25, -0.2) is 0 Å². The van der Waals surface area contributed by atoms with Crippen molar-refractivity contribution in [3.8, 4) is 0 Å². The lowest BCUT2D eigenvalue weighted by molar-refractivity contribution is 0.0222. The van der Waals surface area contributed by atoms with Crippen LogP contribution in [-0.2, 0) is 9.47 Å². The molecule has 0 saturated heterocycles. The zero-order chi connectivity index (χ0) is 17.4. The molecular weight excluding hydrogens is 310 g/mol. The van der Waals surface area contributed by atoms with Crippen LogP contribution in [0.4, 0.5) is 0 Å². The highest BCUT2D eigenvalue weighted by molar-refractivity contribution is 4.46. The lowest BCUT2D eigenvalue weighted by Gasteiger charge is -2.01. The SMILES string of the molecule is CCCCCCCCCCCCO.N.OCCOCCOCCO. The molecule has 6 N–H and O–H groups in total. The average Bonchev–Trinajstić information content (AvgIpc) is 2.57. The monoisotopic (exact) mass is 353 g/mol. The Balaban J connectivity index is -0.000000364. The minimum Gasteiger partial charge on any atom is -0.396 e. The van der Waals surface area contributed by atoms with Crippen LogP contribution in [0, 0.1) is 0 Å².